The van der Waals surface area contributed by atoms with Gasteiger partial charge in [0.2, 0.25) is 6.79 Å². The molecule has 0 saturated heterocycles. The lowest BCUT2D eigenvalue weighted by atomic mass is 9.98. The standard InChI is InChI=1S/C30H40O6/c1-9-10-23-17-24(28(36-21(4)5)18-27(23)35-20(2)3)13-16-26(31)22-11-14-25(15-12-22)33-19-34-29(32)30(6,7)8/h11-18,20-21H,9-10,19H2,1-8H3/b16-13+. The first-order chi connectivity index (χ1) is 16.9. The molecule has 6 nitrogen and oxygen atoms in total. The molecule has 0 unspecified atom stereocenters. The summed E-state index contributed by atoms with van der Waals surface area (Å²) >= 11 is 0. The highest BCUT2D eigenvalue weighted by atomic mass is 16.7. The predicted octanol–water partition coefficient (Wildman–Crippen LogP) is 7.04. The van der Waals surface area contributed by atoms with Crippen LogP contribution >= 0.6 is 0 Å². The molecule has 2 rings (SSSR count). The Balaban J connectivity index is 2.17. The van der Waals surface area contributed by atoms with Crippen LogP contribution in [0.2, 0.25) is 0 Å². The highest BCUT2D eigenvalue weighted by Gasteiger charge is 2.23. The fourth-order valence-corrected chi connectivity index (χ4v) is 3.28. The number of allylic oxidation sites excluding steroid dienone is 1. The molecule has 0 aliphatic carbocycles. The molecular formula is C30H40O6. The maximum atomic E-state index is 12.8. The molecule has 0 aliphatic rings. The van der Waals surface area contributed by atoms with Gasteiger partial charge >= 0.3 is 5.97 Å². The minimum Gasteiger partial charge on any atom is -0.491 e. The molecule has 0 heterocycles. The van der Waals surface area contributed by atoms with E-state index in [1.165, 1.54) is 0 Å². The average Bonchev–Trinajstić information content (AvgIpc) is 2.78. The van der Waals surface area contributed by atoms with Crippen molar-refractivity contribution in [3.63, 3.8) is 0 Å². The van der Waals surface area contributed by atoms with Crippen LogP contribution in [0, 0.1) is 5.41 Å². The molecule has 0 saturated carbocycles. The van der Waals surface area contributed by atoms with Gasteiger partial charge in [-0.3, -0.25) is 9.59 Å². The Labute approximate surface area is 215 Å². The number of ether oxygens (including phenoxy) is 4. The molecule has 0 amide bonds. The van der Waals surface area contributed by atoms with Crippen LogP contribution in [0.4, 0.5) is 0 Å². The van der Waals surface area contributed by atoms with Crippen molar-refractivity contribution in [2.24, 2.45) is 5.41 Å². The van der Waals surface area contributed by atoms with E-state index in [-0.39, 0.29) is 30.8 Å². The van der Waals surface area contributed by atoms with Crippen LogP contribution in [-0.4, -0.2) is 30.8 Å². The molecule has 0 bridgehead atoms. The Morgan fingerprint density at radius 3 is 2.08 bits per heavy atom. The molecular weight excluding hydrogens is 456 g/mol. The van der Waals surface area contributed by atoms with Gasteiger partial charge in [-0.1, -0.05) is 13.3 Å². The molecule has 6 heteroatoms. The monoisotopic (exact) mass is 496 g/mol. The van der Waals surface area contributed by atoms with E-state index in [0.717, 1.165) is 29.7 Å². The van der Waals surface area contributed by atoms with Gasteiger partial charge in [0.05, 0.1) is 17.6 Å². The minimum absolute atomic E-state index is 0.0213. The predicted molar refractivity (Wildman–Crippen MR) is 143 cm³/mol. The van der Waals surface area contributed by atoms with Gasteiger partial charge in [-0.15, -0.1) is 0 Å². The van der Waals surface area contributed by atoms with Gasteiger partial charge in [0.1, 0.15) is 17.2 Å². The summed E-state index contributed by atoms with van der Waals surface area (Å²) in [5.41, 5.74) is 1.84. The van der Waals surface area contributed by atoms with E-state index in [0.29, 0.717) is 17.1 Å². The number of benzene rings is 2. The first-order valence-corrected chi connectivity index (χ1v) is 12.5. The van der Waals surface area contributed by atoms with Gasteiger partial charge in [0.25, 0.3) is 0 Å². The summed E-state index contributed by atoms with van der Waals surface area (Å²) in [5, 5.41) is 0. The molecule has 0 spiro atoms. The molecule has 196 valence electrons. The fourth-order valence-electron chi connectivity index (χ4n) is 3.28. The summed E-state index contributed by atoms with van der Waals surface area (Å²) in [6, 6.07) is 10.7. The lowest BCUT2D eigenvalue weighted by molar-refractivity contribution is -0.159. The molecule has 0 aromatic heterocycles. The zero-order valence-electron chi connectivity index (χ0n) is 22.8. The lowest BCUT2D eigenvalue weighted by Crippen LogP contribution is -2.24. The third-order valence-electron chi connectivity index (χ3n) is 5.02. The molecule has 0 N–H and O–H groups in total. The molecule has 2 aromatic carbocycles. The van der Waals surface area contributed by atoms with Crippen molar-refractivity contribution in [2.75, 3.05) is 6.79 Å². The second-order valence-electron chi connectivity index (χ2n) is 10.2. The molecule has 0 aliphatic heterocycles. The molecule has 0 atom stereocenters. The summed E-state index contributed by atoms with van der Waals surface area (Å²) in [5.74, 6) is 1.52. The number of rotatable bonds is 12. The van der Waals surface area contributed by atoms with Crippen molar-refractivity contribution in [1.29, 1.82) is 0 Å². The second kappa shape index (κ2) is 13.1. The zero-order chi connectivity index (χ0) is 26.9. The van der Waals surface area contributed by atoms with Gasteiger partial charge in [0, 0.05) is 17.2 Å². The van der Waals surface area contributed by atoms with Gasteiger partial charge in [-0.2, -0.15) is 0 Å². The SMILES string of the molecule is CCCc1cc(/C=C/C(=O)c2ccc(OCOC(=O)C(C)(C)C)cc2)c(OC(C)C)cc1OC(C)C. The normalized spacial score (nSPS) is 11.7. The number of esters is 1. The maximum Gasteiger partial charge on any atom is 0.314 e. The van der Waals surface area contributed by atoms with Gasteiger partial charge in [-0.05, 0) is 103 Å². The van der Waals surface area contributed by atoms with E-state index in [9.17, 15) is 9.59 Å². The molecule has 0 fully saturated rings. The van der Waals surface area contributed by atoms with E-state index in [2.05, 4.69) is 6.92 Å². The third-order valence-corrected chi connectivity index (χ3v) is 5.02. The number of hydrogen-bond acceptors (Lipinski definition) is 6. The third kappa shape index (κ3) is 9.06. The van der Waals surface area contributed by atoms with Crippen molar-refractivity contribution in [3.8, 4) is 17.2 Å². The summed E-state index contributed by atoms with van der Waals surface area (Å²) in [4.78, 5) is 24.7. The van der Waals surface area contributed by atoms with E-state index < -0.39 is 5.41 Å². The van der Waals surface area contributed by atoms with E-state index >= 15 is 0 Å². The summed E-state index contributed by atoms with van der Waals surface area (Å²) in [7, 11) is 0. The van der Waals surface area contributed by atoms with Crippen molar-refractivity contribution >= 4 is 17.8 Å². The minimum atomic E-state index is -0.592. The topological polar surface area (TPSA) is 71.1 Å². The van der Waals surface area contributed by atoms with Crippen molar-refractivity contribution in [1.82, 2.24) is 0 Å². The smallest absolute Gasteiger partial charge is 0.314 e. The first-order valence-electron chi connectivity index (χ1n) is 12.5. The Hall–Kier alpha value is -3.28. The van der Waals surface area contributed by atoms with Gasteiger partial charge < -0.3 is 18.9 Å². The van der Waals surface area contributed by atoms with Crippen LogP contribution in [0.15, 0.2) is 42.5 Å². The summed E-state index contributed by atoms with van der Waals surface area (Å²) < 4.78 is 22.6. The van der Waals surface area contributed by atoms with Crippen LogP contribution < -0.4 is 14.2 Å². The van der Waals surface area contributed by atoms with Gasteiger partial charge in [-0.25, -0.2) is 0 Å². The van der Waals surface area contributed by atoms with Crippen molar-refractivity contribution < 1.29 is 28.5 Å². The van der Waals surface area contributed by atoms with Crippen molar-refractivity contribution in [3.05, 3.63) is 59.2 Å². The highest BCUT2D eigenvalue weighted by molar-refractivity contribution is 6.07. The van der Waals surface area contributed by atoms with Gasteiger partial charge in [0.15, 0.2) is 5.78 Å². The van der Waals surface area contributed by atoms with Crippen LogP contribution in [0.1, 0.15) is 83.3 Å². The highest BCUT2D eigenvalue weighted by Crippen LogP contribution is 2.33. The Kier molecular flexibility index (Phi) is 10.6. The number of carbonyl (C=O) groups is 2. The van der Waals surface area contributed by atoms with Crippen LogP contribution in [0.5, 0.6) is 17.2 Å². The Morgan fingerprint density at radius 2 is 1.53 bits per heavy atom. The van der Waals surface area contributed by atoms with E-state index in [4.69, 9.17) is 18.9 Å². The number of hydrogen-bond donors (Lipinski definition) is 0. The number of ketones is 1. The quantitative estimate of drug-likeness (QED) is 0.136. The average molecular weight is 497 g/mol. The molecule has 36 heavy (non-hydrogen) atoms. The molecule has 2 aromatic rings. The Morgan fingerprint density at radius 1 is 0.917 bits per heavy atom. The zero-order valence-corrected chi connectivity index (χ0v) is 22.8. The van der Waals surface area contributed by atoms with E-state index in [1.54, 1.807) is 57.2 Å². The van der Waals surface area contributed by atoms with Crippen molar-refractivity contribution in [2.45, 2.75) is 80.4 Å². The largest absolute Gasteiger partial charge is 0.491 e. The van der Waals surface area contributed by atoms with Crippen LogP contribution in [-0.2, 0) is 16.0 Å². The fraction of sp³-hybridized carbons (Fsp3) is 0.467. The molecule has 0 radical (unpaired) electrons. The first kappa shape index (κ1) is 29.0. The van der Waals surface area contributed by atoms with Crippen LogP contribution in [0.3, 0.4) is 0 Å². The Bertz CT molecular complexity index is 1040. The maximum absolute atomic E-state index is 12.8. The number of aryl methyl sites for hydroxylation is 1. The second-order valence-corrected chi connectivity index (χ2v) is 10.2. The lowest BCUT2D eigenvalue weighted by Gasteiger charge is -2.19. The summed E-state index contributed by atoms with van der Waals surface area (Å²) in [6.07, 6.45) is 5.20. The number of carbonyl (C=O) groups excluding carboxylic acids is 2. The van der Waals surface area contributed by atoms with Crippen LogP contribution in [0.25, 0.3) is 6.08 Å². The summed E-state index contributed by atoms with van der Waals surface area (Å²) in [6.45, 7) is 15.2. The van der Waals surface area contributed by atoms with E-state index in [1.807, 2.05) is 39.8 Å².